The highest BCUT2D eigenvalue weighted by atomic mass is 31.0. The third-order valence-electron chi connectivity index (χ3n) is 7.75. The number of rotatable bonds is 7. The van der Waals surface area contributed by atoms with Gasteiger partial charge in [0.1, 0.15) is 11.6 Å². The molecule has 2 aromatic carbocycles. The van der Waals surface area contributed by atoms with Crippen LogP contribution in [0.4, 0.5) is 4.39 Å². The van der Waals surface area contributed by atoms with Crippen LogP contribution in [0.25, 0.3) is 11.1 Å². The minimum Gasteiger partial charge on any atom is -0.493 e. The lowest BCUT2D eigenvalue weighted by Gasteiger charge is -2.27. The maximum atomic E-state index is 15.3. The fourth-order valence-corrected chi connectivity index (χ4v) is 6.07. The van der Waals surface area contributed by atoms with Crippen molar-refractivity contribution in [3.63, 3.8) is 0 Å². The van der Waals surface area contributed by atoms with Gasteiger partial charge < -0.3 is 4.74 Å². The molecule has 0 radical (unpaired) electrons. The fraction of sp³-hybridized carbons (Fsp3) is 0.517. The number of halogens is 1. The molecule has 0 N–H and O–H groups in total. The Morgan fingerprint density at radius 3 is 2.15 bits per heavy atom. The molecule has 0 bridgehead atoms. The highest BCUT2D eigenvalue weighted by Gasteiger charge is 2.22. The van der Waals surface area contributed by atoms with Crippen molar-refractivity contribution >= 4 is 18.5 Å². The first-order valence-electron chi connectivity index (χ1n) is 12.6. The van der Waals surface area contributed by atoms with E-state index in [4.69, 9.17) is 4.74 Å². The molecule has 1 nitrogen and oxygen atoms in total. The zero-order valence-corrected chi connectivity index (χ0v) is 22.4. The van der Waals surface area contributed by atoms with Gasteiger partial charge in [-0.25, -0.2) is 4.39 Å². The Kier molecular flexibility index (Phi) is 8.64. The lowest BCUT2D eigenvalue weighted by atomic mass is 9.79. The quantitative estimate of drug-likeness (QED) is 0.282. The third-order valence-corrected chi connectivity index (χ3v) is 8.63. The number of ether oxygens (including phenoxy) is 1. The minimum absolute atomic E-state index is 0.105. The maximum absolute atomic E-state index is 15.3. The summed E-state index contributed by atoms with van der Waals surface area (Å²) >= 11 is 0. The molecule has 2 atom stereocenters. The highest BCUT2D eigenvalue weighted by molar-refractivity contribution is 7.15. The molecule has 2 unspecified atom stereocenters. The summed E-state index contributed by atoms with van der Waals surface area (Å²) < 4.78 is 21.7. The predicted octanol–water partition coefficient (Wildman–Crippen LogP) is 8.66. The maximum Gasteiger partial charge on any atom is 0.131 e. The van der Waals surface area contributed by atoms with Crippen LogP contribution in [0.5, 0.6) is 5.75 Å². The van der Waals surface area contributed by atoms with Crippen LogP contribution in [-0.4, -0.2) is 6.61 Å². The summed E-state index contributed by atoms with van der Waals surface area (Å²) in [6.45, 7) is 7.21. The average molecular weight is 485 g/mol. The smallest absolute Gasteiger partial charge is 0.131 e. The Bertz CT molecular complexity index is 943. The largest absolute Gasteiger partial charge is 0.493 e. The zero-order valence-electron chi connectivity index (χ0n) is 20.0. The summed E-state index contributed by atoms with van der Waals surface area (Å²) in [6.07, 6.45) is 11.0. The lowest BCUT2D eigenvalue weighted by Crippen LogP contribution is -2.17. The SMILES string of the molecule is C=C1CCC(COc2c(CP)cc(-c3ccc(C4CCC(C)CC4)cc3F)cc2CP)CC1. The molecule has 4 rings (SSSR count). The summed E-state index contributed by atoms with van der Waals surface area (Å²) in [5.74, 6) is 2.79. The van der Waals surface area contributed by atoms with Crippen LogP contribution < -0.4 is 4.74 Å². The minimum atomic E-state index is -0.105. The standard InChI is InChI=1S/C29H39FOP2/c1-19-3-7-21(8-4-19)16-31-29-25(17-32)13-24(14-26(29)18-33)27-12-11-23(15-28(27)30)22-9-5-20(2)6-10-22/h11-15,20-22H,1,3-10,16-18,32-33H2,2H3. The van der Waals surface area contributed by atoms with Crippen molar-refractivity contribution in [1.82, 2.24) is 0 Å². The van der Waals surface area contributed by atoms with E-state index in [0.717, 1.165) is 65.7 Å². The van der Waals surface area contributed by atoms with E-state index in [1.807, 2.05) is 6.07 Å². The van der Waals surface area contributed by atoms with Crippen molar-refractivity contribution in [1.29, 1.82) is 0 Å². The van der Waals surface area contributed by atoms with Gasteiger partial charge in [-0.05, 0) is 109 Å². The van der Waals surface area contributed by atoms with Crippen molar-refractivity contribution in [3.8, 4) is 16.9 Å². The van der Waals surface area contributed by atoms with E-state index in [9.17, 15) is 0 Å². The summed E-state index contributed by atoms with van der Waals surface area (Å²) in [6, 6.07) is 10.2. The highest BCUT2D eigenvalue weighted by Crippen LogP contribution is 2.39. The normalized spacial score (nSPS) is 21.9. The monoisotopic (exact) mass is 484 g/mol. The number of hydrogen-bond acceptors (Lipinski definition) is 1. The summed E-state index contributed by atoms with van der Waals surface area (Å²) in [5.41, 5.74) is 6.46. The van der Waals surface area contributed by atoms with Crippen molar-refractivity contribution in [3.05, 3.63) is 65.0 Å². The summed E-state index contributed by atoms with van der Waals surface area (Å²) in [7, 11) is 5.64. The molecule has 0 spiro atoms. The Labute approximate surface area is 204 Å². The molecule has 2 fully saturated rings. The number of benzene rings is 2. The van der Waals surface area contributed by atoms with Crippen LogP contribution in [-0.2, 0) is 12.3 Å². The van der Waals surface area contributed by atoms with E-state index >= 15 is 4.39 Å². The Balaban J connectivity index is 1.55. The predicted molar refractivity (Wildman–Crippen MR) is 146 cm³/mol. The summed E-state index contributed by atoms with van der Waals surface area (Å²) in [5, 5.41) is 0. The van der Waals surface area contributed by atoms with Crippen molar-refractivity contribution in [2.45, 2.75) is 76.5 Å². The van der Waals surface area contributed by atoms with Gasteiger partial charge in [-0.2, -0.15) is 0 Å². The molecule has 0 saturated heterocycles. The van der Waals surface area contributed by atoms with Gasteiger partial charge in [-0.1, -0.05) is 44.1 Å². The van der Waals surface area contributed by atoms with Gasteiger partial charge in [0.25, 0.3) is 0 Å². The molecule has 4 heteroatoms. The van der Waals surface area contributed by atoms with Gasteiger partial charge in [0.15, 0.2) is 0 Å². The Hall–Kier alpha value is -1.23. The molecule has 0 aromatic heterocycles. The lowest BCUT2D eigenvalue weighted by molar-refractivity contribution is 0.219. The van der Waals surface area contributed by atoms with E-state index in [2.05, 4.69) is 50.2 Å². The number of hydrogen-bond donors (Lipinski definition) is 0. The second-order valence-electron chi connectivity index (χ2n) is 10.2. The van der Waals surface area contributed by atoms with Crippen LogP contribution in [0.2, 0.25) is 0 Å². The van der Waals surface area contributed by atoms with E-state index in [-0.39, 0.29) is 5.82 Å². The van der Waals surface area contributed by atoms with Gasteiger partial charge in [0.2, 0.25) is 0 Å². The third kappa shape index (κ3) is 6.07. The van der Waals surface area contributed by atoms with Gasteiger partial charge in [0, 0.05) is 5.56 Å². The van der Waals surface area contributed by atoms with Gasteiger partial charge in [-0.3, -0.25) is 0 Å². The molecular weight excluding hydrogens is 445 g/mol. The first-order chi connectivity index (χ1) is 16.0. The Morgan fingerprint density at radius 2 is 1.58 bits per heavy atom. The zero-order chi connectivity index (χ0) is 23.4. The first kappa shape index (κ1) is 24.9. The van der Waals surface area contributed by atoms with Crippen molar-refractivity contribution in [2.75, 3.05) is 6.61 Å². The van der Waals surface area contributed by atoms with E-state index in [1.165, 1.54) is 44.1 Å². The van der Waals surface area contributed by atoms with Crippen LogP contribution >= 0.6 is 18.5 Å². The van der Waals surface area contributed by atoms with Gasteiger partial charge in [-0.15, -0.1) is 18.5 Å². The second-order valence-corrected chi connectivity index (χ2v) is 11.0. The van der Waals surface area contributed by atoms with Gasteiger partial charge in [0.05, 0.1) is 6.61 Å². The molecule has 2 aliphatic rings. The average Bonchev–Trinajstić information content (AvgIpc) is 2.83. The van der Waals surface area contributed by atoms with Crippen LogP contribution in [0, 0.1) is 17.7 Å². The first-order valence-corrected chi connectivity index (χ1v) is 14.3. The molecule has 178 valence electrons. The van der Waals surface area contributed by atoms with Crippen molar-refractivity contribution < 1.29 is 9.13 Å². The molecule has 0 amide bonds. The van der Waals surface area contributed by atoms with E-state index in [0.29, 0.717) is 17.4 Å². The Morgan fingerprint density at radius 1 is 0.939 bits per heavy atom. The molecule has 2 aliphatic carbocycles. The molecule has 2 aromatic rings. The topological polar surface area (TPSA) is 9.23 Å². The molecule has 2 saturated carbocycles. The van der Waals surface area contributed by atoms with E-state index in [1.54, 1.807) is 6.07 Å². The summed E-state index contributed by atoms with van der Waals surface area (Å²) in [4.78, 5) is 0. The molecular formula is C29H39FOP2. The van der Waals surface area contributed by atoms with Crippen LogP contribution in [0.1, 0.15) is 80.9 Å². The molecule has 0 aliphatic heterocycles. The molecule has 0 heterocycles. The molecule has 33 heavy (non-hydrogen) atoms. The second kappa shape index (κ2) is 11.5. The fourth-order valence-electron chi connectivity index (χ4n) is 5.47. The number of allylic oxidation sites excluding steroid dienone is 1. The van der Waals surface area contributed by atoms with Gasteiger partial charge >= 0.3 is 0 Å². The van der Waals surface area contributed by atoms with Crippen LogP contribution in [0.15, 0.2) is 42.5 Å². The van der Waals surface area contributed by atoms with E-state index < -0.39 is 0 Å². The van der Waals surface area contributed by atoms with Crippen molar-refractivity contribution in [2.24, 2.45) is 11.8 Å². The van der Waals surface area contributed by atoms with Crippen LogP contribution in [0.3, 0.4) is 0 Å².